The fraction of sp³-hybridized carbons (Fsp3) is 0.500. The van der Waals surface area contributed by atoms with Crippen molar-refractivity contribution < 1.29 is 9.13 Å². The molecule has 0 aliphatic carbocycles. The van der Waals surface area contributed by atoms with Gasteiger partial charge in [-0.2, -0.15) is 0 Å². The smallest absolute Gasteiger partial charge is 0.126 e. The minimum atomic E-state index is -0.362. The largest absolute Gasteiger partial charge is 0.376 e. The monoisotopic (exact) mass is 258 g/mol. The Morgan fingerprint density at radius 1 is 1.59 bits per heavy atom. The average Bonchev–Trinajstić information content (AvgIpc) is 2.59. The first-order chi connectivity index (χ1) is 8.05. The van der Waals surface area contributed by atoms with Gasteiger partial charge in [-0.05, 0) is 31.5 Å². The van der Waals surface area contributed by atoms with Crippen LogP contribution in [0.1, 0.15) is 13.3 Å². The van der Waals surface area contributed by atoms with Gasteiger partial charge >= 0.3 is 0 Å². The van der Waals surface area contributed by atoms with Gasteiger partial charge in [0.05, 0.1) is 11.6 Å². The van der Waals surface area contributed by atoms with E-state index >= 15 is 0 Å². The van der Waals surface area contributed by atoms with Crippen molar-refractivity contribution in [2.75, 3.05) is 18.5 Å². The summed E-state index contributed by atoms with van der Waals surface area (Å²) in [7, 11) is 0. The molecule has 1 saturated heterocycles. The molecule has 94 valence electrons. The van der Waals surface area contributed by atoms with Gasteiger partial charge < -0.3 is 15.8 Å². The van der Waals surface area contributed by atoms with Gasteiger partial charge in [0.1, 0.15) is 5.82 Å². The van der Waals surface area contributed by atoms with Crippen molar-refractivity contribution >= 4 is 17.3 Å². The van der Waals surface area contributed by atoms with Crippen LogP contribution in [0.2, 0.25) is 5.02 Å². The van der Waals surface area contributed by atoms with E-state index in [9.17, 15) is 4.39 Å². The molecule has 0 amide bonds. The number of hydrogen-bond donors (Lipinski definition) is 2. The molecule has 0 spiro atoms. The molecule has 1 fully saturated rings. The molecule has 3 N–H and O–H groups in total. The van der Waals surface area contributed by atoms with Crippen LogP contribution in [0.3, 0.4) is 0 Å². The third-order valence-corrected chi connectivity index (χ3v) is 3.53. The first-order valence-electron chi connectivity index (χ1n) is 5.62. The predicted octanol–water partition coefficient (Wildman–Crippen LogP) is 2.40. The third-order valence-electron chi connectivity index (χ3n) is 3.31. The van der Waals surface area contributed by atoms with E-state index < -0.39 is 0 Å². The maximum absolute atomic E-state index is 13.2. The third kappa shape index (κ3) is 2.54. The number of nitrogens with two attached hydrogens (primary N) is 1. The molecule has 1 aliphatic rings. The minimum Gasteiger partial charge on any atom is -0.376 e. The molecule has 0 bridgehead atoms. The van der Waals surface area contributed by atoms with Crippen molar-refractivity contribution in [1.82, 2.24) is 0 Å². The highest BCUT2D eigenvalue weighted by atomic mass is 35.5. The molecule has 1 aromatic rings. The lowest BCUT2D eigenvalue weighted by Gasteiger charge is -2.33. The Kier molecular flexibility index (Phi) is 3.56. The van der Waals surface area contributed by atoms with Crippen LogP contribution in [0.5, 0.6) is 0 Å². The normalized spacial score (nSPS) is 28.4. The molecule has 3 nitrogen and oxygen atoms in total. The molecule has 2 rings (SSSR count). The van der Waals surface area contributed by atoms with Gasteiger partial charge in [-0.25, -0.2) is 4.39 Å². The molecule has 0 radical (unpaired) electrons. The van der Waals surface area contributed by atoms with Crippen LogP contribution < -0.4 is 11.1 Å². The molecule has 5 heteroatoms. The number of halogens is 2. The summed E-state index contributed by atoms with van der Waals surface area (Å²) in [5.41, 5.74) is 6.11. The highest BCUT2D eigenvalue weighted by molar-refractivity contribution is 6.30. The van der Waals surface area contributed by atoms with E-state index in [2.05, 4.69) is 5.32 Å². The Morgan fingerprint density at radius 3 is 2.88 bits per heavy atom. The van der Waals surface area contributed by atoms with Gasteiger partial charge in [-0.3, -0.25) is 0 Å². The Hall–Kier alpha value is -0.840. The fourth-order valence-corrected chi connectivity index (χ4v) is 2.40. The molecular weight excluding hydrogens is 243 g/mol. The Bertz CT molecular complexity index is 395. The van der Waals surface area contributed by atoms with Crippen molar-refractivity contribution in [3.8, 4) is 0 Å². The molecule has 1 heterocycles. The average molecular weight is 259 g/mol. The molecule has 0 aromatic heterocycles. The van der Waals surface area contributed by atoms with Gasteiger partial charge in [-0.1, -0.05) is 11.6 Å². The van der Waals surface area contributed by atoms with E-state index in [0.29, 0.717) is 23.9 Å². The maximum Gasteiger partial charge on any atom is 0.126 e. The van der Waals surface area contributed by atoms with Crippen LogP contribution >= 0.6 is 11.6 Å². The van der Waals surface area contributed by atoms with E-state index in [0.717, 1.165) is 6.42 Å². The first kappa shape index (κ1) is 12.6. The van der Waals surface area contributed by atoms with E-state index in [-0.39, 0.29) is 17.5 Å². The molecule has 0 saturated carbocycles. The molecule has 2 atom stereocenters. The molecular formula is C12H16ClFN2O. The van der Waals surface area contributed by atoms with Crippen LogP contribution in [-0.2, 0) is 4.74 Å². The number of nitrogens with one attached hydrogen (secondary N) is 1. The minimum absolute atomic E-state index is 0.00505. The van der Waals surface area contributed by atoms with E-state index in [1.54, 1.807) is 6.07 Å². The summed E-state index contributed by atoms with van der Waals surface area (Å²) in [5.74, 6) is -0.362. The summed E-state index contributed by atoms with van der Waals surface area (Å²) in [6.07, 6.45) is 0.799. The number of benzene rings is 1. The summed E-state index contributed by atoms with van der Waals surface area (Å²) in [6.45, 7) is 3.06. The van der Waals surface area contributed by atoms with Crippen LogP contribution in [0, 0.1) is 5.82 Å². The predicted molar refractivity (Wildman–Crippen MR) is 66.8 cm³/mol. The zero-order valence-electron chi connectivity index (χ0n) is 9.67. The van der Waals surface area contributed by atoms with Crippen molar-refractivity contribution in [2.24, 2.45) is 5.73 Å². The highest BCUT2D eigenvalue weighted by Crippen LogP contribution is 2.30. The van der Waals surface area contributed by atoms with Gasteiger partial charge in [0.2, 0.25) is 0 Å². The Labute approximate surface area is 105 Å². The molecule has 17 heavy (non-hydrogen) atoms. The highest BCUT2D eigenvalue weighted by Gasteiger charge is 2.40. The quantitative estimate of drug-likeness (QED) is 0.875. The lowest BCUT2D eigenvalue weighted by molar-refractivity contribution is 0.103. The number of hydrogen-bond acceptors (Lipinski definition) is 3. The fourth-order valence-electron chi connectivity index (χ4n) is 2.18. The van der Waals surface area contributed by atoms with Gasteiger partial charge in [0, 0.05) is 23.9 Å². The zero-order chi connectivity index (χ0) is 12.5. The van der Waals surface area contributed by atoms with Crippen LogP contribution in [0.4, 0.5) is 10.1 Å². The van der Waals surface area contributed by atoms with Crippen molar-refractivity contribution in [3.05, 3.63) is 29.0 Å². The SMILES string of the molecule is CC1OCCC1(CN)Nc1cc(F)cc(Cl)c1. The summed E-state index contributed by atoms with van der Waals surface area (Å²) < 4.78 is 18.8. The lowest BCUT2D eigenvalue weighted by Crippen LogP contribution is -2.50. The van der Waals surface area contributed by atoms with Crippen LogP contribution in [0.15, 0.2) is 18.2 Å². The topological polar surface area (TPSA) is 47.3 Å². The van der Waals surface area contributed by atoms with E-state index in [4.69, 9.17) is 22.1 Å². The van der Waals surface area contributed by atoms with Gasteiger partial charge in [0.15, 0.2) is 0 Å². The van der Waals surface area contributed by atoms with Gasteiger partial charge in [0.25, 0.3) is 0 Å². The summed E-state index contributed by atoms with van der Waals surface area (Å²) in [5, 5.41) is 3.63. The summed E-state index contributed by atoms with van der Waals surface area (Å²) in [6, 6.07) is 4.37. The number of rotatable bonds is 3. The van der Waals surface area contributed by atoms with Gasteiger partial charge in [-0.15, -0.1) is 0 Å². The number of ether oxygens (including phenoxy) is 1. The Balaban J connectivity index is 2.24. The second kappa shape index (κ2) is 4.80. The van der Waals surface area contributed by atoms with Crippen LogP contribution in [0.25, 0.3) is 0 Å². The second-order valence-electron chi connectivity index (χ2n) is 4.41. The summed E-state index contributed by atoms with van der Waals surface area (Å²) in [4.78, 5) is 0. The van der Waals surface area contributed by atoms with Crippen molar-refractivity contribution in [3.63, 3.8) is 0 Å². The standard InChI is InChI=1S/C12H16ClFN2O/c1-8-12(7-15,2-3-17-8)16-11-5-9(13)4-10(14)6-11/h4-6,8,16H,2-3,7,15H2,1H3. The van der Waals surface area contributed by atoms with Crippen LogP contribution in [-0.4, -0.2) is 24.8 Å². The maximum atomic E-state index is 13.2. The molecule has 2 unspecified atom stereocenters. The molecule has 1 aliphatic heterocycles. The first-order valence-corrected chi connectivity index (χ1v) is 5.99. The lowest BCUT2D eigenvalue weighted by atomic mass is 9.91. The molecule has 1 aromatic carbocycles. The Morgan fingerprint density at radius 2 is 2.35 bits per heavy atom. The van der Waals surface area contributed by atoms with E-state index in [1.165, 1.54) is 12.1 Å². The zero-order valence-corrected chi connectivity index (χ0v) is 10.4. The second-order valence-corrected chi connectivity index (χ2v) is 4.84. The van der Waals surface area contributed by atoms with Crippen molar-refractivity contribution in [2.45, 2.75) is 25.0 Å². The van der Waals surface area contributed by atoms with Crippen molar-refractivity contribution in [1.29, 1.82) is 0 Å². The van der Waals surface area contributed by atoms with E-state index in [1.807, 2.05) is 6.92 Å². The number of anilines is 1. The summed E-state index contributed by atoms with van der Waals surface area (Å²) >= 11 is 5.82.